The van der Waals surface area contributed by atoms with E-state index in [9.17, 15) is 14.4 Å². The molecule has 1 saturated heterocycles. The van der Waals surface area contributed by atoms with Crippen LogP contribution in [0.3, 0.4) is 0 Å². The van der Waals surface area contributed by atoms with Crippen LogP contribution in [0.15, 0.2) is 72.8 Å². The number of fused-ring (bicyclic) bond motifs is 2. The van der Waals surface area contributed by atoms with Gasteiger partial charge >= 0.3 is 0 Å². The quantitative estimate of drug-likeness (QED) is 0.287. The molecule has 1 aliphatic rings. The number of piperidine rings is 1. The third-order valence-electron chi connectivity index (χ3n) is 6.08. The minimum atomic E-state index is -0.835. The van der Waals surface area contributed by atoms with Gasteiger partial charge in [-0.1, -0.05) is 48.5 Å². The lowest BCUT2D eigenvalue weighted by atomic mass is 9.92. The van der Waals surface area contributed by atoms with Crippen LogP contribution in [-0.4, -0.2) is 28.6 Å². The number of benzene rings is 3. The van der Waals surface area contributed by atoms with Gasteiger partial charge in [0.2, 0.25) is 11.8 Å². The fourth-order valence-corrected chi connectivity index (χ4v) is 4.45. The number of hydrogen-bond acceptors (Lipinski definition) is 5. The van der Waals surface area contributed by atoms with Crippen molar-refractivity contribution in [2.75, 3.05) is 4.90 Å². The zero-order valence-corrected chi connectivity index (χ0v) is 18.0. The molecule has 1 fully saturated rings. The predicted octanol–water partition coefficient (Wildman–Crippen LogP) is 4.18. The zero-order valence-electron chi connectivity index (χ0n) is 18.0. The molecule has 0 radical (unpaired) electrons. The van der Waals surface area contributed by atoms with Crippen LogP contribution in [0.25, 0.3) is 21.8 Å². The van der Waals surface area contributed by atoms with Crippen molar-refractivity contribution < 1.29 is 14.4 Å². The number of aromatic nitrogens is 1. The van der Waals surface area contributed by atoms with Crippen LogP contribution in [-0.2, 0) is 16.0 Å². The highest BCUT2D eigenvalue weighted by Gasteiger charge is 2.33. The number of pyridine rings is 1. The SMILES string of the molecule is N[C@@H](Cc1ccccc1)C(=O)c1c(N2C(=O)CCCC2=O)ccc2nc3ccccc3cc12. The second-order valence-corrected chi connectivity index (χ2v) is 8.34. The van der Waals surface area contributed by atoms with E-state index in [2.05, 4.69) is 0 Å². The molecule has 2 amide bonds. The van der Waals surface area contributed by atoms with Gasteiger partial charge in [-0.05, 0) is 42.7 Å². The standard InChI is InChI=1S/C27H23N3O3/c28-20(15-17-7-2-1-3-8-17)27(33)26-19-16-18-9-4-5-10-21(18)29-22(19)13-14-23(26)30-24(31)11-6-12-25(30)32/h1-5,7-10,13-14,16,20H,6,11-12,15,28H2/t20-/m0/s1. The summed E-state index contributed by atoms with van der Waals surface area (Å²) in [5, 5.41) is 1.45. The topological polar surface area (TPSA) is 93.4 Å². The van der Waals surface area contributed by atoms with Gasteiger partial charge in [-0.15, -0.1) is 0 Å². The van der Waals surface area contributed by atoms with Crippen LogP contribution in [0.2, 0.25) is 0 Å². The van der Waals surface area contributed by atoms with Crippen molar-refractivity contribution in [1.29, 1.82) is 0 Å². The van der Waals surface area contributed by atoms with E-state index in [0.29, 0.717) is 29.4 Å². The first-order valence-corrected chi connectivity index (χ1v) is 11.0. The number of hydrogen-bond donors (Lipinski definition) is 1. The molecule has 5 rings (SSSR count). The molecule has 2 N–H and O–H groups in total. The average molecular weight is 437 g/mol. The van der Waals surface area contributed by atoms with E-state index in [4.69, 9.17) is 10.7 Å². The molecule has 3 aromatic carbocycles. The summed E-state index contributed by atoms with van der Waals surface area (Å²) >= 11 is 0. The van der Waals surface area contributed by atoms with Crippen LogP contribution in [0.4, 0.5) is 5.69 Å². The molecule has 1 aromatic heterocycles. The Kier molecular flexibility index (Phi) is 5.44. The summed E-state index contributed by atoms with van der Waals surface area (Å²) in [6.07, 6.45) is 1.40. The molecule has 0 bridgehead atoms. The summed E-state index contributed by atoms with van der Waals surface area (Å²) in [5.41, 5.74) is 9.32. The zero-order chi connectivity index (χ0) is 22.9. The molecule has 164 valence electrons. The molecular weight excluding hydrogens is 414 g/mol. The van der Waals surface area contributed by atoms with Gasteiger partial charge in [0.1, 0.15) is 0 Å². The van der Waals surface area contributed by atoms with E-state index in [1.165, 1.54) is 0 Å². The van der Waals surface area contributed by atoms with Crippen molar-refractivity contribution in [2.45, 2.75) is 31.7 Å². The summed E-state index contributed by atoms with van der Waals surface area (Å²) in [6, 6.07) is 21.6. The smallest absolute Gasteiger partial charge is 0.233 e. The first kappa shape index (κ1) is 21.0. The van der Waals surface area contributed by atoms with Crippen LogP contribution < -0.4 is 10.6 Å². The van der Waals surface area contributed by atoms with E-state index in [1.807, 2.05) is 60.7 Å². The Labute approximate surface area is 191 Å². The Morgan fingerprint density at radius 1 is 0.909 bits per heavy atom. The lowest BCUT2D eigenvalue weighted by molar-refractivity contribution is -0.129. The highest BCUT2D eigenvalue weighted by atomic mass is 16.2. The predicted molar refractivity (Wildman–Crippen MR) is 128 cm³/mol. The molecule has 33 heavy (non-hydrogen) atoms. The van der Waals surface area contributed by atoms with Crippen molar-refractivity contribution in [1.82, 2.24) is 4.98 Å². The molecule has 4 aromatic rings. The molecule has 0 aliphatic carbocycles. The second-order valence-electron chi connectivity index (χ2n) is 8.34. The number of anilines is 1. The number of nitrogens with zero attached hydrogens (tertiary/aromatic N) is 2. The van der Waals surface area contributed by atoms with Gasteiger partial charge < -0.3 is 5.73 Å². The molecule has 0 unspecified atom stereocenters. The molecule has 0 spiro atoms. The van der Waals surface area contributed by atoms with Crippen molar-refractivity contribution in [3.63, 3.8) is 0 Å². The fourth-order valence-electron chi connectivity index (χ4n) is 4.45. The summed E-state index contributed by atoms with van der Waals surface area (Å²) in [5.74, 6) is -0.919. The number of para-hydroxylation sites is 1. The summed E-state index contributed by atoms with van der Waals surface area (Å²) in [6.45, 7) is 0. The Balaban J connectivity index is 1.70. The van der Waals surface area contributed by atoms with Gasteiger partial charge in [0, 0.05) is 23.6 Å². The highest BCUT2D eigenvalue weighted by molar-refractivity contribution is 6.23. The van der Waals surface area contributed by atoms with Gasteiger partial charge in [0.05, 0.1) is 28.3 Å². The Bertz CT molecular complexity index is 1380. The maximum absolute atomic E-state index is 13.8. The summed E-state index contributed by atoms with van der Waals surface area (Å²) in [4.78, 5) is 45.1. The van der Waals surface area contributed by atoms with Gasteiger partial charge in [-0.2, -0.15) is 0 Å². The number of Topliss-reactive ketones (excluding diaryl/α,β-unsaturated/α-hetero) is 1. The Morgan fingerprint density at radius 2 is 1.61 bits per heavy atom. The van der Waals surface area contributed by atoms with E-state index < -0.39 is 6.04 Å². The molecule has 1 aliphatic heterocycles. The number of imide groups is 1. The van der Waals surface area contributed by atoms with Crippen LogP contribution in [0, 0.1) is 0 Å². The first-order chi connectivity index (χ1) is 16.0. The lowest BCUT2D eigenvalue weighted by Gasteiger charge is -2.28. The highest BCUT2D eigenvalue weighted by Crippen LogP contribution is 2.34. The van der Waals surface area contributed by atoms with Gasteiger partial charge in [-0.3, -0.25) is 14.4 Å². The normalized spacial score (nSPS) is 15.2. The van der Waals surface area contributed by atoms with E-state index >= 15 is 0 Å². The maximum Gasteiger partial charge on any atom is 0.233 e. The molecule has 2 heterocycles. The van der Waals surface area contributed by atoms with E-state index in [0.717, 1.165) is 21.4 Å². The lowest BCUT2D eigenvalue weighted by Crippen LogP contribution is -2.42. The molecular formula is C27H23N3O3. The largest absolute Gasteiger partial charge is 0.321 e. The van der Waals surface area contributed by atoms with Crippen molar-refractivity contribution in [3.05, 3.63) is 83.9 Å². The van der Waals surface area contributed by atoms with Gasteiger partial charge in [-0.25, -0.2) is 9.88 Å². The number of carbonyl (C=O) groups is 3. The minimum absolute atomic E-state index is 0.267. The fraction of sp³-hybridized carbons (Fsp3) is 0.185. The monoisotopic (exact) mass is 437 g/mol. The molecule has 6 nitrogen and oxygen atoms in total. The van der Waals surface area contributed by atoms with Crippen molar-refractivity contribution >= 4 is 45.1 Å². The van der Waals surface area contributed by atoms with Crippen LogP contribution in [0.5, 0.6) is 0 Å². The van der Waals surface area contributed by atoms with Crippen LogP contribution in [0.1, 0.15) is 35.2 Å². The second kappa shape index (κ2) is 8.56. The number of nitrogens with two attached hydrogens (primary N) is 1. The van der Waals surface area contributed by atoms with Gasteiger partial charge in [0.25, 0.3) is 0 Å². The third-order valence-corrected chi connectivity index (χ3v) is 6.08. The van der Waals surface area contributed by atoms with E-state index in [1.54, 1.807) is 12.1 Å². The molecule has 0 saturated carbocycles. The maximum atomic E-state index is 13.8. The third kappa shape index (κ3) is 3.90. The number of amides is 2. The van der Waals surface area contributed by atoms with Gasteiger partial charge in [0.15, 0.2) is 5.78 Å². The van der Waals surface area contributed by atoms with E-state index in [-0.39, 0.29) is 36.0 Å². The molecule has 6 heteroatoms. The number of carbonyl (C=O) groups excluding carboxylic acids is 3. The number of rotatable bonds is 5. The number of ketones is 1. The van der Waals surface area contributed by atoms with Crippen molar-refractivity contribution in [3.8, 4) is 0 Å². The Morgan fingerprint density at radius 3 is 2.36 bits per heavy atom. The van der Waals surface area contributed by atoms with Crippen molar-refractivity contribution in [2.24, 2.45) is 5.73 Å². The summed E-state index contributed by atoms with van der Waals surface area (Å²) < 4.78 is 0. The first-order valence-electron chi connectivity index (χ1n) is 11.0. The Hall–Kier alpha value is -3.90. The average Bonchev–Trinajstić information content (AvgIpc) is 2.82. The summed E-state index contributed by atoms with van der Waals surface area (Å²) in [7, 11) is 0. The van der Waals surface area contributed by atoms with Crippen LogP contribution >= 0.6 is 0 Å². The minimum Gasteiger partial charge on any atom is -0.321 e. The molecule has 1 atom stereocenters.